The Morgan fingerprint density at radius 1 is 1.16 bits per heavy atom. The molecule has 1 amide bonds. The average molecular weight is 269 g/mol. The first kappa shape index (κ1) is 14.6. The molecule has 2 atom stereocenters. The summed E-state index contributed by atoms with van der Waals surface area (Å²) in [6, 6.07) is 0. The van der Waals surface area contributed by atoms with Gasteiger partial charge in [-0.25, -0.2) is 4.79 Å². The summed E-state index contributed by atoms with van der Waals surface area (Å²) in [5, 5.41) is 10.2. The molecule has 1 aliphatic carbocycles. The molecule has 1 saturated carbocycles. The molecule has 4 nitrogen and oxygen atoms in total. The zero-order valence-electron chi connectivity index (χ0n) is 12.4. The standard InChI is InChI=1S/C15H27NO3/c1-15(2,3)19-14(18)16-9-4-5-11(8-10-16)13(17)12-6-7-12/h11-13,17H,4-10H2,1-3H3. The fourth-order valence-electron chi connectivity index (χ4n) is 2.80. The van der Waals surface area contributed by atoms with Crippen LogP contribution in [-0.2, 0) is 4.74 Å². The molecule has 0 aromatic rings. The minimum Gasteiger partial charge on any atom is -0.444 e. The van der Waals surface area contributed by atoms with Gasteiger partial charge in [-0.05, 0) is 64.7 Å². The second kappa shape index (κ2) is 5.70. The van der Waals surface area contributed by atoms with Crippen molar-refractivity contribution < 1.29 is 14.6 Å². The highest BCUT2D eigenvalue weighted by Gasteiger charge is 2.36. The summed E-state index contributed by atoms with van der Waals surface area (Å²) in [6.07, 6.45) is 4.87. The first-order valence-corrected chi connectivity index (χ1v) is 7.53. The second-order valence-corrected chi connectivity index (χ2v) is 6.99. The lowest BCUT2D eigenvalue weighted by atomic mass is 9.91. The molecule has 2 unspecified atom stereocenters. The van der Waals surface area contributed by atoms with Gasteiger partial charge >= 0.3 is 6.09 Å². The van der Waals surface area contributed by atoms with Gasteiger partial charge in [-0.1, -0.05) is 0 Å². The number of carbonyl (C=O) groups is 1. The first-order chi connectivity index (χ1) is 8.87. The summed E-state index contributed by atoms with van der Waals surface area (Å²) in [7, 11) is 0. The Morgan fingerprint density at radius 3 is 2.37 bits per heavy atom. The van der Waals surface area contributed by atoms with Crippen molar-refractivity contribution in [1.82, 2.24) is 4.90 Å². The Morgan fingerprint density at radius 2 is 1.79 bits per heavy atom. The van der Waals surface area contributed by atoms with E-state index in [0.717, 1.165) is 25.8 Å². The Labute approximate surface area is 116 Å². The fourth-order valence-corrected chi connectivity index (χ4v) is 2.80. The summed E-state index contributed by atoms with van der Waals surface area (Å²) in [5.74, 6) is 0.887. The average Bonchev–Trinajstić information content (AvgIpc) is 3.13. The van der Waals surface area contributed by atoms with E-state index in [9.17, 15) is 9.90 Å². The topological polar surface area (TPSA) is 49.8 Å². The van der Waals surface area contributed by atoms with Crippen LogP contribution in [0.25, 0.3) is 0 Å². The monoisotopic (exact) mass is 269 g/mol. The van der Waals surface area contributed by atoms with Gasteiger partial charge in [-0.2, -0.15) is 0 Å². The number of carbonyl (C=O) groups excluding carboxylic acids is 1. The Hall–Kier alpha value is -0.770. The van der Waals surface area contributed by atoms with E-state index in [1.54, 1.807) is 4.90 Å². The molecule has 1 N–H and O–H groups in total. The Kier molecular flexibility index (Phi) is 4.39. The van der Waals surface area contributed by atoms with Crippen molar-refractivity contribution in [2.24, 2.45) is 11.8 Å². The SMILES string of the molecule is CC(C)(C)OC(=O)N1CCCC(C(O)C2CC2)CC1. The second-order valence-electron chi connectivity index (χ2n) is 6.99. The van der Waals surface area contributed by atoms with Crippen molar-refractivity contribution in [2.75, 3.05) is 13.1 Å². The molecule has 0 spiro atoms. The van der Waals surface area contributed by atoms with Gasteiger partial charge in [0.15, 0.2) is 0 Å². The summed E-state index contributed by atoms with van der Waals surface area (Å²) < 4.78 is 5.41. The van der Waals surface area contributed by atoms with E-state index in [0.29, 0.717) is 18.4 Å². The van der Waals surface area contributed by atoms with Crippen molar-refractivity contribution in [1.29, 1.82) is 0 Å². The number of amides is 1. The number of ether oxygens (including phenoxy) is 1. The van der Waals surface area contributed by atoms with Crippen LogP contribution < -0.4 is 0 Å². The van der Waals surface area contributed by atoms with E-state index in [2.05, 4.69) is 0 Å². The zero-order chi connectivity index (χ0) is 14.0. The predicted molar refractivity (Wildman–Crippen MR) is 73.9 cm³/mol. The molecule has 0 aromatic carbocycles. The molecule has 1 aliphatic heterocycles. The maximum Gasteiger partial charge on any atom is 0.410 e. The third kappa shape index (κ3) is 4.37. The highest BCUT2D eigenvalue weighted by molar-refractivity contribution is 5.68. The van der Waals surface area contributed by atoms with Crippen LogP contribution in [0.5, 0.6) is 0 Å². The molecular formula is C15H27NO3. The third-order valence-corrected chi connectivity index (χ3v) is 4.01. The number of likely N-dealkylation sites (tertiary alicyclic amines) is 1. The maximum atomic E-state index is 12.0. The minimum absolute atomic E-state index is 0.154. The highest BCUT2D eigenvalue weighted by Crippen LogP contribution is 2.38. The number of hydrogen-bond acceptors (Lipinski definition) is 3. The smallest absolute Gasteiger partial charge is 0.410 e. The number of hydrogen-bond donors (Lipinski definition) is 1. The van der Waals surface area contributed by atoms with Crippen molar-refractivity contribution in [3.8, 4) is 0 Å². The molecule has 1 heterocycles. The quantitative estimate of drug-likeness (QED) is 0.838. The largest absolute Gasteiger partial charge is 0.444 e. The molecule has 0 aromatic heterocycles. The van der Waals surface area contributed by atoms with Crippen LogP contribution in [-0.4, -0.2) is 40.9 Å². The van der Waals surface area contributed by atoms with Crippen molar-refractivity contribution in [2.45, 2.75) is 64.6 Å². The minimum atomic E-state index is -0.434. The predicted octanol–water partition coefficient (Wildman–Crippen LogP) is 2.79. The molecule has 110 valence electrons. The third-order valence-electron chi connectivity index (χ3n) is 4.01. The van der Waals surface area contributed by atoms with Gasteiger partial charge < -0.3 is 14.7 Å². The van der Waals surface area contributed by atoms with Crippen LogP contribution in [0, 0.1) is 11.8 Å². The van der Waals surface area contributed by atoms with E-state index < -0.39 is 5.60 Å². The lowest BCUT2D eigenvalue weighted by molar-refractivity contribution is 0.0244. The molecule has 1 saturated heterocycles. The summed E-state index contributed by atoms with van der Waals surface area (Å²) in [5.41, 5.74) is -0.434. The first-order valence-electron chi connectivity index (χ1n) is 7.53. The molecule has 0 bridgehead atoms. The molecular weight excluding hydrogens is 242 g/mol. The van der Waals surface area contributed by atoms with Gasteiger partial charge in [-0.3, -0.25) is 0 Å². The van der Waals surface area contributed by atoms with E-state index in [1.165, 1.54) is 12.8 Å². The van der Waals surface area contributed by atoms with Crippen molar-refractivity contribution in [3.05, 3.63) is 0 Å². The number of aliphatic hydroxyl groups excluding tert-OH is 1. The maximum absolute atomic E-state index is 12.0. The van der Waals surface area contributed by atoms with Gasteiger partial charge in [-0.15, -0.1) is 0 Å². The highest BCUT2D eigenvalue weighted by atomic mass is 16.6. The van der Waals surface area contributed by atoms with E-state index in [4.69, 9.17) is 4.74 Å². The molecule has 2 rings (SSSR count). The van der Waals surface area contributed by atoms with Crippen LogP contribution in [0.1, 0.15) is 52.9 Å². The molecule has 0 radical (unpaired) electrons. The van der Waals surface area contributed by atoms with Crippen molar-refractivity contribution >= 4 is 6.09 Å². The van der Waals surface area contributed by atoms with Crippen LogP contribution >= 0.6 is 0 Å². The van der Waals surface area contributed by atoms with Gasteiger partial charge in [0.1, 0.15) is 5.60 Å². The van der Waals surface area contributed by atoms with Gasteiger partial charge in [0.25, 0.3) is 0 Å². The zero-order valence-corrected chi connectivity index (χ0v) is 12.4. The number of rotatable bonds is 2. The van der Waals surface area contributed by atoms with Gasteiger partial charge in [0.05, 0.1) is 6.10 Å². The van der Waals surface area contributed by atoms with E-state index >= 15 is 0 Å². The number of aliphatic hydroxyl groups is 1. The Bertz CT molecular complexity index is 320. The Balaban J connectivity index is 1.84. The summed E-state index contributed by atoms with van der Waals surface area (Å²) >= 11 is 0. The molecule has 19 heavy (non-hydrogen) atoms. The lowest BCUT2D eigenvalue weighted by Crippen LogP contribution is -2.37. The number of nitrogens with zero attached hydrogens (tertiary/aromatic N) is 1. The van der Waals surface area contributed by atoms with Crippen LogP contribution in [0.15, 0.2) is 0 Å². The summed E-state index contributed by atoms with van der Waals surface area (Å²) in [4.78, 5) is 13.8. The molecule has 2 fully saturated rings. The fraction of sp³-hybridized carbons (Fsp3) is 0.933. The molecule has 4 heteroatoms. The van der Waals surface area contributed by atoms with E-state index in [1.807, 2.05) is 20.8 Å². The van der Waals surface area contributed by atoms with Crippen LogP contribution in [0.3, 0.4) is 0 Å². The lowest BCUT2D eigenvalue weighted by Gasteiger charge is -2.26. The summed E-state index contributed by atoms with van der Waals surface area (Å²) in [6.45, 7) is 7.14. The molecule has 2 aliphatic rings. The van der Waals surface area contributed by atoms with Gasteiger partial charge in [0.2, 0.25) is 0 Å². The van der Waals surface area contributed by atoms with Crippen LogP contribution in [0.4, 0.5) is 4.79 Å². The van der Waals surface area contributed by atoms with E-state index in [-0.39, 0.29) is 12.2 Å². The van der Waals surface area contributed by atoms with Crippen LogP contribution in [0.2, 0.25) is 0 Å². The van der Waals surface area contributed by atoms with Crippen molar-refractivity contribution in [3.63, 3.8) is 0 Å². The van der Waals surface area contributed by atoms with Gasteiger partial charge in [0, 0.05) is 13.1 Å². The normalized spacial score (nSPS) is 26.7.